The summed E-state index contributed by atoms with van der Waals surface area (Å²) in [5.41, 5.74) is 2.31. The van der Waals surface area contributed by atoms with E-state index in [4.69, 9.17) is 4.74 Å². The molecule has 1 aliphatic heterocycles. The van der Waals surface area contributed by atoms with E-state index in [9.17, 15) is 14.7 Å². The number of ether oxygens (including phenoxy) is 1. The number of para-hydroxylation sites is 1. The van der Waals surface area contributed by atoms with Gasteiger partial charge in [0, 0.05) is 23.1 Å². The number of H-pyrrole nitrogens is 2. The highest BCUT2D eigenvalue weighted by Crippen LogP contribution is 2.39. The van der Waals surface area contributed by atoms with Crippen molar-refractivity contribution in [2.45, 2.75) is 26.3 Å². The Morgan fingerprint density at radius 2 is 1.82 bits per heavy atom. The highest BCUT2D eigenvalue weighted by molar-refractivity contribution is 5.85. The monoisotopic (exact) mass is 446 g/mol. The second kappa shape index (κ2) is 8.29. The largest absolute Gasteiger partial charge is 0.494 e. The Hall–Kier alpha value is -3.78. The van der Waals surface area contributed by atoms with Gasteiger partial charge in [0.25, 0.3) is 5.56 Å². The van der Waals surface area contributed by atoms with Gasteiger partial charge in [-0.05, 0) is 55.8 Å². The molecule has 4 aromatic rings. The highest BCUT2D eigenvalue weighted by Gasteiger charge is 2.35. The summed E-state index contributed by atoms with van der Waals surface area (Å²) in [5, 5.41) is 12.4. The van der Waals surface area contributed by atoms with Crippen molar-refractivity contribution in [1.29, 1.82) is 0 Å². The van der Waals surface area contributed by atoms with Crippen LogP contribution in [-0.4, -0.2) is 44.2 Å². The Bertz CT molecular complexity index is 1430. The summed E-state index contributed by atoms with van der Waals surface area (Å²) in [6.45, 7) is 5.85. The van der Waals surface area contributed by atoms with Crippen molar-refractivity contribution in [2.75, 3.05) is 19.7 Å². The molecular formula is C25H26N4O4. The zero-order chi connectivity index (χ0) is 23.1. The molecule has 0 saturated carbocycles. The maximum Gasteiger partial charge on any atom is 0.335 e. The minimum absolute atomic E-state index is 0.151. The summed E-state index contributed by atoms with van der Waals surface area (Å²) in [6, 6.07) is 14.3. The van der Waals surface area contributed by atoms with Crippen molar-refractivity contribution >= 4 is 10.9 Å². The lowest BCUT2D eigenvalue weighted by atomic mass is 9.93. The van der Waals surface area contributed by atoms with Crippen LogP contribution in [0.3, 0.4) is 0 Å². The number of benzene rings is 2. The fourth-order valence-corrected chi connectivity index (χ4v) is 4.84. The zero-order valence-corrected chi connectivity index (χ0v) is 18.6. The molecule has 8 nitrogen and oxygen atoms in total. The standard InChI is InChI=1S/C25H26N4O4/c1-3-28-14-13-18-17-7-5-6-8-19(17)26-21(18)22(28)20-23(30)27-25(32)29(24(20)31)15-9-11-16(12-10-15)33-4-2/h5-12,22,26,31H,3-4,13-14H2,1-2H3,(H,27,30,32). The molecule has 0 spiro atoms. The number of aromatic hydroxyl groups is 1. The predicted molar refractivity (Wildman–Crippen MR) is 127 cm³/mol. The second-order valence-electron chi connectivity index (χ2n) is 8.10. The van der Waals surface area contributed by atoms with Crippen molar-refractivity contribution in [3.8, 4) is 17.3 Å². The number of nitrogens with one attached hydrogen (secondary N) is 2. The van der Waals surface area contributed by atoms with Gasteiger partial charge in [-0.25, -0.2) is 9.36 Å². The van der Waals surface area contributed by atoms with Gasteiger partial charge in [-0.3, -0.25) is 14.7 Å². The fourth-order valence-electron chi connectivity index (χ4n) is 4.84. The molecule has 1 atom stereocenters. The van der Waals surface area contributed by atoms with E-state index in [1.807, 2.05) is 32.0 Å². The third-order valence-corrected chi connectivity index (χ3v) is 6.34. The third kappa shape index (κ3) is 3.43. The summed E-state index contributed by atoms with van der Waals surface area (Å²) in [7, 11) is 0. The van der Waals surface area contributed by atoms with Gasteiger partial charge in [0.15, 0.2) is 0 Å². The predicted octanol–water partition coefficient (Wildman–Crippen LogP) is 3.08. The third-order valence-electron chi connectivity index (χ3n) is 6.34. The van der Waals surface area contributed by atoms with Crippen molar-refractivity contribution in [1.82, 2.24) is 19.4 Å². The Labute approximate surface area is 190 Å². The number of aromatic nitrogens is 3. The molecule has 2 aromatic heterocycles. The molecule has 33 heavy (non-hydrogen) atoms. The van der Waals surface area contributed by atoms with E-state index in [-0.39, 0.29) is 11.4 Å². The van der Waals surface area contributed by atoms with Crippen molar-refractivity contribution < 1.29 is 9.84 Å². The molecule has 2 aromatic carbocycles. The summed E-state index contributed by atoms with van der Waals surface area (Å²) < 4.78 is 6.61. The van der Waals surface area contributed by atoms with Crippen LogP contribution < -0.4 is 16.0 Å². The number of hydrogen-bond acceptors (Lipinski definition) is 5. The van der Waals surface area contributed by atoms with Crippen LogP contribution in [0.5, 0.6) is 11.6 Å². The first-order chi connectivity index (χ1) is 16.0. The molecule has 5 rings (SSSR count). The molecular weight excluding hydrogens is 420 g/mol. The molecule has 1 unspecified atom stereocenters. The molecule has 3 heterocycles. The first-order valence-electron chi connectivity index (χ1n) is 11.2. The second-order valence-corrected chi connectivity index (χ2v) is 8.10. The molecule has 8 heteroatoms. The molecule has 0 aliphatic carbocycles. The van der Waals surface area contributed by atoms with Gasteiger partial charge in [-0.1, -0.05) is 25.1 Å². The van der Waals surface area contributed by atoms with Gasteiger partial charge in [0.05, 0.1) is 18.3 Å². The van der Waals surface area contributed by atoms with E-state index in [1.54, 1.807) is 24.3 Å². The smallest absolute Gasteiger partial charge is 0.335 e. The zero-order valence-electron chi connectivity index (χ0n) is 18.6. The normalized spacial score (nSPS) is 16.1. The molecule has 1 aliphatic rings. The lowest BCUT2D eigenvalue weighted by Gasteiger charge is -2.35. The Kier molecular flexibility index (Phi) is 5.30. The van der Waals surface area contributed by atoms with E-state index < -0.39 is 17.3 Å². The maximum absolute atomic E-state index is 13.1. The van der Waals surface area contributed by atoms with Crippen LogP contribution in [-0.2, 0) is 6.42 Å². The van der Waals surface area contributed by atoms with Crippen LogP contribution in [0.1, 0.15) is 36.7 Å². The molecule has 170 valence electrons. The van der Waals surface area contributed by atoms with E-state index >= 15 is 0 Å². The molecule has 0 radical (unpaired) electrons. The number of likely N-dealkylation sites (N-methyl/N-ethyl adjacent to an activating group) is 1. The molecule has 0 saturated heterocycles. The van der Waals surface area contributed by atoms with E-state index in [1.165, 1.54) is 0 Å². The highest BCUT2D eigenvalue weighted by atomic mass is 16.5. The van der Waals surface area contributed by atoms with E-state index in [0.29, 0.717) is 24.6 Å². The van der Waals surface area contributed by atoms with Crippen LogP contribution >= 0.6 is 0 Å². The minimum Gasteiger partial charge on any atom is -0.494 e. The lowest BCUT2D eigenvalue weighted by Crippen LogP contribution is -2.41. The molecule has 3 N–H and O–H groups in total. The first-order valence-corrected chi connectivity index (χ1v) is 11.2. The van der Waals surface area contributed by atoms with Crippen molar-refractivity contribution in [3.05, 3.63) is 86.2 Å². The minimum atomic E-state index is -0.693. The summed E-state index contributed by atoms with van der Waals surface area (Å²) in [5.74, 6) is 0.299. The quantitative estimate of drug-likeness (QED) is 0.437. The van der Waals surface area contributed by atoms with Crippen molar-refractivity contribution in [3.63, 3.8) is 0 Å². The lowest BCUT2D eigenvalue weighted by molar-refractivity contribution is 0.215. The summed E-state index contributed by atoms with van der Waals surface area (Å²) in [6.07, 6.45) is 0.834. The van der Waals surface area contributed by atoms with Crippen LogP contribution in [0.2, 0.25) is 0 Å². The van der Waals surface area contributed by atoms with Crippen LogP contribution in [0.25, 0.3) is 16.6 Å². The van der Waals surface area contributed by atoms with Crippen molar-refractivity contribution in [2.24, 2.45) is 0 Å². The molecule has 0 bridgehead atoms. The summed E-state index contributed by atoms with van der Waals surface area (Å²) >= 11 is 0. The molecule has 0 amide bonds. The number of fused-ring (bicyclic) bond motifs is 3. The van der Waals surface area contributed by atoms with Gasteiger partial charge in [-0.2, -0.15) is 0 Å². The van der Waals surface area contributed by atoms with Gasteiger partial charge in [0.2, 0.25) is 5.88 Å². The Balaban J connectivity index is 1.72. The van der Waals surface area contributed by atoms with Gasteiger partial charge < -0.3 is 14.8 Å². The van der Waals surface area contributed by atoms with Crippen LogP contribution in [0.4, 0.5) is 0 Å². The number of nitrogens with zero attached hydrogens (tertiary/aromatic N) is 2. The molecule has 0 fully saturated rings. The van der Waals surface area contributed by atoms with Gasteiger partial charge in [0.1, 0.15) is 11.3 Å². The number of hydrogen-bond donors (Lipinski definition) is 3. The Morgan fingerprint density at radius 3 is 2.55 bits per heavy atom. The first kappa shape index (κ1) is 21.1. The van der Waals surface area contributed by atoms with Crippen LogP contribution in [0, 0.1) is 0 Å². The maximum atomic E-state index is 13.1. The summed E-state index contributed by atoms with van der Waals surface area (Å²) in [4.78, 5) is 33.8. The topological polar surface area (TPSA) is 103 Å². The van der Waals surface area contributed by atoms with Gasteiger partial charge >= 0.3 is 5.69 Å². The van der Waals surface area contributed by atoms with E-state index in [2.05, 4.69) is 20.9 Å². The number of aromatic amines is 2. The SMILES string of the molecule is CCOc1ccc(-n2c(O)c(C3c4[nH]c5ccccc5c4CCN3CC)c(=O)[nH]c2=O)cc1. The fraction of sp³-hybridized carbons (Fsp3) is 0.280. The van der Waals surface area contributed by atoms with Crippen LogP contribution in [0.15, 0.2) is 58.1 Å². The average molecular weight is 447 g/mol. The van der Waals surface area contributed by atoms with E-state index in [0.717, 1.165) is 39.7 Å². The average Bonchev–Trinajstić information content (AvgIpc) is 3.19. The van der Waals surface area contributed by atoms with Gasteiger partial charge in [-0.15, -0.1) is 0 Å². The Morgan fingerprint density at radius 1 is 1.06 bits per heavy atom. The number of rotatable bonds is 5.